The minimum atomic E-state index is 0.282. The van der Waals surface area contributed by atoms with E-state index in [0.717, 1.165) is 31.5 Å². The average Bonchev–Trinajstić information content (AvgIpc) is 2.28. The highest BCUT2D eigenvalue weighted by atomic mass is 16.2. The highest BCUT2D eigenvalue weighted by molar-refractivity contribution is 5.96. The molecule has 1 aliphatic heterocycles. The zero-order valence-corrected chi connectivity index (χ0v) is 10.1. The minimum Gasteiger partial charge on any atom is -0.312 e. The molecule has 0 unspecified atom stereocenters. The number of nitrogens with zero attached hydrogens (tertiary/aromatic N) is 1. The lowest BCUT2D eigenvalue weighted by Gasteiger charge is -2.29. The number of amides is 1. The number of fused-ring (bicyclic) bond motifs is 1. The molecule has 1 amide bonds. The third-order valence-corrected chi connectivity index (χ3v) is 3.17. The van der Waals surface area contributed by atoms with Crippen LogP contribution in [0.4, 0.5) is 5.69 Å². The second kappa shape index (κ2) is 4.69. The van der Waals surface area contributed by atoms with Gasteiger partial charge >= 0.3 is 0 Å². The van der Waals surface area contributed by atoms with E-state index in [4.69, 9.17) is 0 Å². The third kappa shape index (κ3) is 2.11. The van der Waals surface area contributed by atoms with E-state index in [0.29, 0.717) is 6.42 Å². The highest BCUT2D eigenvalue weighted by Crippen LogP contribution is 2.28. The summed E-state index contributed by atoms with van der Waals surface area (Å²) < 4.78 is 0. The summed E-state index contributed by atoms with van der Waals surface area (Å²) in [5.74, 6) is 0.282. The van der Waals surface area contributed by atoms with Crippen LogP contribution in [0.1, 0.15) is 37.3 Å². The Morgan fingerprint density at radius 2 is 2.12 bits per heavy atom. The van der Waals surface area contributed by atoms with Gasteiger partial charge in [0.25, 0.3) is 0 Å². The lowest BCUT2D eigenvalue weighted by Crippen LogP contribution is -2.35. The summed E-state index contributed by atoms with van der Waals surface area (Å²) >= 11 is 0. The van der Waals surface area contributed by atoms with Crippen molar-refractivity contribution in [3.8, 4) is 0 Å². The van der Waals surface area contributed by atoms with Crippen LogP contribution in [0.3, 0.4) is 0 Å². The molecule has 1 aromatic carbocycles. The van der Waals surface area contributed by atoms with Gasteiger partial charge < -0.3 is 4.90 Å². The quantitative estimate of drug-likeness (QED) is 0.762. The van der Waals surface area contributed by atoms with Crippen molar-refractivity contribution >= 4 is 11.6 Å². The van der Waals surface area contributed by atoms with Gasteiger partial charge in [0.05, 0.1) is 0 Å². The van der Waals surface area contributed by atoms with Crippen molar-refractivity contribution in [1.82, 2.24) is 0 Å². The van der Waals surface area contributed by atoms with Crippen molar-refractivity contribution in [2.75, 3.05) is 11.4 Å². The van der Waals surface area contributed by atoms with E-state index in [1.54, 1.807) is 0 Å². The molecular formula is C14H19NO. The topological polar surface area (TPSA) is 20.3 Å². The van der Waals surface area contributed by atoms with Gasteiger partial charge in [-0.15, -0.1) is 0 Å². The number of hydrogen-bond donors (Lipinski definition) is 0. The summed E-state index contributed by atoms with van der Waals surface area (Å²) in [7, 11) is 0. The molecule has 1 heterocycles. The Labute approximate surface area is 97.3 Å². The number of benzene rings is 1. The number of unbranched alkanes of at least 4 members (excludes halogenated alkanes) is 1. The fraction of sp³-hybridized carbons (Fsp3) is 0.500. The molecule has 1 aromatic rings. The minimum absolute atomic E-state index is 0.282. The van der Waals surface area contributed by atoms with Crippen LogP contribution in [0.25, 0.3) is 0 Å². The first kappa shape index (κ1) is 11.2. The number of carbonyl (C=O) groups is 1. The van der Waals surface area contributed by atoms with Crippen LogP contribution in [0.5, 0.6) is 0 Å². The highest BCUT2D eigenvalue weighted by Gasteiger charge is 2.23. The van der Waals surface area contributed by atoms with Crippen molar-refractivity contribution in [2.24, 2.45) is 0 Å². The third-order valence-electron chi connectivity index (χ3n) is 3.17. The smallest absolute Gasteiger partial charge is 0.227 e. The van der Waals surface area contributed by atoms with Gasteiger partial charge in [0.15, 0.2) is 0 Å². The van der Waals surface area contributed by atoms with Crippen molar-refractivity contribution < 1.29 is 4.79 Å². The summed E-state index contributed by atoms with van der Waals surface area (Å²) in [4.78, 5) is 13.8. The van der Waals surface area contributed by atoms with Crippen molar-refractivity contribution in [3.05, 3.63) is 29.3 Å². The summed E-state index contributed by atoms with van der Waals surface area (Å²) in [5, 5.41) is 0. The standard InChI is InChI=1S/C14H19NO/c1-3-4-9-15-13-7-5-11(2)10-12(13)6-8-14(15)16/h5,7,10H,3-4,6,8-9H2,1-2H3. The molecule has 0 N–H and O–H groups in total. The van der Waals surface area contributed by atoms with Crippen LogP contribution in [-0.4, -0.2) is 12.5 Å². The zero-order chi connectivity index (χ0) is 11.5. The normalized spacial score (nSPS) is 15.1. The molecule has 16 heavy (non-hydrogen) atoms. The largest absolute Gasteiger partial charge is 0.312 e. The molecule has 0 saturated heterocycles. The summed E-state index contributed by atoms with van der Waals surface area (Å²) in [6, 6.07) is 6.40. The molecule has 0 radical (unpaired) electrons. The molecule has 0 spiro atoms. The molecule has 2 rings (SSSR count). The molecule has 2 heteroatoms. The number of hydrogen-bond acceptors (Lipinski definition) is 1. The average molecular weight is 217 g/mol. The summed E-state index contributed by atoms with van der Waals surface area (Å²) in [6.45, 7) is 5.13. The molecular weight excluding hydrogens is 198 g/mol. The Kier molecular flexibility index (Phi) is 3.28. The second-order valence-electron chi connectivity index (χ2n) is 4.53. The van der Waals surface area contributed by atoms with Gasteiger partial charge in [-0.1, -0.05) is 31.0 Å². The Morgan fingerprint density at radius 3 is 2.88 bits per heavy atom. The second-order valence-corrected chi connectivity index (χ2v) is 4.53. The van der Waals surface area contributed by atoms with E-state index in [-0.39, 0.29) is 5.91 Å². The predicted octanol–water partition coefficient (Wildman–Crippen LogP) is 3.07. The molecule has 0 fully saturated rings. The number of anilines is 1. The number of rotatable bonds is 3. The van der Waals surface area contributed by atoms with Crippen LogP contribution in [0, 0.1) is 6.92 Å². The Morgan fingerprint density at radius 1 is 1.31 bits per heavy atom. The maximum absolute atomic E-state index is 11.9. The van der Waals surface area contributed by atoms with Crippen LogP contribution in [-0.2, 0) is 11.2 Å². The lowest BCUT2D eigenvalue weighted by molar-refractivity contribution is -0.118. The Bertz CT molecular complexity index is 398. The molecule has 0 saturated carbocycles. The molecule has 1 aliphatic rings. The predicted molar refractivity (Wildman–Crippen MR) is 66.8 cm³/mol. The monoisotopic (exact) mass is 217 g/mol. The van der Waals surface area contributed by atoms with Gasteiger partial charge in [0, 0.05) is 18.7 Å². The van der Waals surface area contributed by atoms with Crippen LogP contribution in [0.2, 0.25) is 0 Å². The molecule has 2 nitrogen and oxygen atoms in total. The maximum Gasteiger partial charge on any atom is 0.227 e. The molecule has 0 aliphatic carbocycles. The van der Waals surface area contributed by atoms with Gasteiger partial charge in [-0.05, 0) is 31.4 Å². The summed E-state index contributed by atoms with van der Waals surface area (Å²) in [6.07, 6.45) is 3.78. The van der Waals surface area contributed by atoms with E-state index >= 15 is 0 Å². The molecule has 0 bridgehead atoms. The first-order chi connectivity index (χ1) is 7.72. The summed E-state index contributed by atoms with van der Waals surface area (Å²) in [5.41, 5.74) is 3.74. The SMILES string of the molecule is CCCCN1C(=O)CCc2cc(C)ccc21. The van der Waals surface area contributed by atoms with Crippen LogP contribution in [0.15, 0.2) is 18.2 Å². The van der Waals surface area contributed by atoms with E-state index in [1.165, 1.54) is 11.1 Å². The fourth-order valence-electron chi connectivity index (χ4n) is 2.25. The molecule has 86 valence electrons. The maximum atomic E-state index is 11.9. The fourth-order valence-corrected chi connectivity index (χ4v) is 2.25. The van der Waals surface area contributed by atoms with E-state index in [1.807, 2.05) is 4.90 Å². The van der Waals surface area contributed by atoms with Crippen molar-refractivity contribution in [2.45, 2.75) is 39.5 Å². The van der Waals surface area contributed by atoms with Crippen molar-refractivity contribution in [1.29, 1.82) is 0 Å². The van der Waals surface area contributed by atoms with Gasteiger partial charge in [0.2, 0.25) is 5.91 Å². The van der Waals surface area contributed by atoms with E-state index in [2.05, 4.69) is 32.0 Å². The van der Waals surface area contributed by atoms with Gasteiger partial charge in [-0.25, -0.2) is 0 Å². The van der Waals surface area contributed by atoms with Crippen LogP contribution < -0.4 is 4.90 Å². The van der Waals surface area contributed by atoms with Gasteiger partial charge in [-0.2, -0.15) is 0 Å². The molecule has 0 aromatic heterocycles. The number of carbonyl (C=O) groups excluding carboxylic acids is 1. The van der Waals surface area contributed by atoms with E-state index < -0.39 is 0 Å². The van der Waals surface area contributed by atoms with Crippen LogP contribution >= 0.6 is 0 Å². The zero-order valence-electron chi connectivity index (χ0n) is 10.1. The van der Waals surface area contributed by atoms with E-state index in [9.17, 15) is 4.79 Å². The first-order valence-corrected chi connectivity index (χ1v) is 6.12. The van der Waals surface area contributed by atoms with Gasteiger partial charge in [-0.3, -0.25) is 4.79 Å². The Balaban J connectivity index is 2.29. The lowest BCUT2D eigenvalue weighted by atomic mass is 9.99. The molecule has 0 atom stereocenters. The number of aryl methyl sites for hydroxylation is 2. The first-order valence-electron chi connectivity index (χ1n) is 6.12. The van der Waals surface area contributed by atoms with Crippen molar-refractivity contribution in [3.63, 3.8) is 0 Å². The van der Waals surface area contributed by atoms with Gasteiger partial charge in [0.1, 0.15) is 0 Å². The Hall–Kier alpha value is -1.31.